The predicted octanol–water partition coefficient (Wildman–Crippen LogP) is 2.84. The molecule has 0 fully saturated rings. The van der Waals surface area contributed by atoms with Crippen LogP contribution in [0.25, 0.3) is 23.2 Å². The highest BCUT2D eigenvalue weighted by Crippen LogP contribution is 2.18. The first kappa shape index (κ1) is 16.3. The molecule has 0 radical (unpaired) electrons. The van der Waals surface area contributed by atoms with Gasteiger partial charge in [0.1, 0.15) is 0 Å². The minimum atomic E-state index is -0.471. The Labute approximate surface area is 154 Å². The van der Waals surface area contributed by atoms with Crippen molar-refractivity contribution in [3.8, 4) is 0 Å². The van der Waals surface area contributed by atoms with Gasteiger partial charge in [0.2, 0.25) is 4.96 Å². The minimum Gasteiger partial charge on any atom is -0.266 e. The van der Waals surface area contributed by atoms with Gasteiger partial charge in [0.05, 0.1) is 15.0 Å². The van der Waals surface area contributed by atoms with Crippen molar-refractivity contribution in [1.29, 1.82) is 0 Å². The second-order valence-corrected chi connectivity index (χ2v) is 7.23. The van der Waals surface area contributed by atoms with E-state index in [0.29, 0.717) is 20.9 Å². The number of nitrogens with zero attached hydrogens (tertiary/aromatic N) is 4. The van der Waals surface area contributed by atoms with E-state index in [-0.39, 0.29) is 11.2 Å². The van der Waals surface area contributed by atoms with Gasteiger partial charge in [0, 0.05) is 10.9 Å². The maximum atomic E-state index is 12.5. The second-order valence-electron chi connectivity index (χ2n) is 5.24. The molecule has 0 aliphatic carbocycles. The van der Waals surface area contributed by atoms with Crippen LogP contribution >= 0.6 is 22.7 Å². The summed E-state index contributed by atoms with van der Waals surface area (Å²) in [5, 5.41) is 17.3. The Kier molecular flexibility index (Phi) is 4.15. The summed E-state index contributed by atoms with van der Waals surface area (Å²) in [7, 11) is 0. The zero-order valence-electron chi connectivity index (χ0n) is 13.1. The third-order valence-electron chi connectivity index (χ3n) is 3.56. The summed E-state index contributed by atoms with van der Waals surface area (Å²) in [5.74, 6) is 0.444. The fraction of sp³-hybridized carbons (Fsp3) is 0. The summed E-state index contributed by atoms with van der Waals surface area (Å²) in [6.07, 6.45) is 5.13. The molecular formula is C17H10N4O3S2. The Hall–Kier alpha value is -3.17. The molecule has 7 nitrogen and oxygen atoms in total. The molecule has 0 saturated heterocycles. The topological polar surface area (TPSA) is 90.4 Å². The van der Waals surface area contributed by atoms with Gasteiger partial charge < -0.3 is 0 Å². The van der Waals surface area contributed by atoms with E-state index in [1.807, 2.05) is 23.6 Å². The van der Waals surface area contributed by atoms with Crippen LogP contribution < -0.4 is 10.1 Å². The Morgan fingerprint density at radius 3 is 2.73 bits per heavy atom. The van der Waals surface area contributed by atoms with E-state index in [2.05, 4.69) is 10.1 Å². The van der Waals surface area contributed by atoms with Gasteiger partial charge in [0.15, 0.2) is 5.82 Å². The number of para-hydroxylation sites is 1. The fourth-order valence-electron chi connectivity index (χ4n) is 2.38. The number of aromatic nitrogens is 3. The van der Waals surface area contributed by atoms with Gasteiger partial charge in [-0.15, -0.1) is 16.4 Å². The average molecular weight is 382 g/mol. The van der Waals surface area contributed by atoms with Crippen LogP contribution in [-0.2, 0) is 0 Å². The van der Waals surface area contributed by atoms with Crippen LogP contribution in [0.5, 0.6) is 0 Å². The summed E-state index contributed by atoms with van der Waals surface area (Å²) in [5.41, 5.74) is -0.0196. The van der Waals surface area contributed by atoms with Crippen molar-refractivity contribution in [3.63, 3.8) is 0 Å². The molecule has 0 atom stereocenters. The lowest BCUT2D eigenvalue weighted by Crippen LogP contribution is -2.23. The first-order chi connectivity index (χ1) is 12.6. The van der Waals surface area contributed by atoms with Crippen LogP contribution in [0.3, 0.4) is 0 Å². The number of nitro benzene ring substituents is 1. The molecule has 9 heteroatoms. The van der Waals surface area contributed by atoms with E-state index >= 15 is 0 Å². The molecule has 0 bridgehead atoms. The van der Waals surface area contributed by atoms with Gasteiger partial charge in [-0.25, -0.2) is 0 Å². The highest BCUT2D eigenvalue weighted by molar-refractivity contribution is 7.15. The Morgan fingerprint density at radius 1 is 1.15 bits per heavy atom. The molecule has 3 heterocycles. The van der Waals surface area contributed by atoms with Gasteiger partial charge in [-0.2, -0.15) is 9.50 Å². The van der Waals surface area contributed by atoms with E-state index in [9.17, 15) is 14.9 Å². The number of hydrogen-bond donors (Lipinski definition) is 0. The standard InChI is InChI=1S/C17H10N4O3S2/c22-16-14(10-11-4-1-2-6-13(11)21(23)24)26-17-18-15(19-20(16)17)8-7-12-5-3-9-25-12/h1-10H/b8-7+,14-10+. The molecule has 0 saturated carbocycles. The van der Waals surface area contributed by atoms with Crippen LogP contribution in [0.15, 0.2) is 46.6 Å². The van der Waals surface area contributed by atoms with E-state index < -0.39 is 4.92 Å². The van der Waals surface area contributed by atoms with Crippen molar-refractivity contribution in [2.45, 2.75) is 0 Å². The van der Waals surface area contributed by atoms with Gasteiger partial charge >= 0.3 is 0 Å². The molecule has 0 N–H and O–H groups in total. The molecule has 4 aromatic rings. The minimum absolute atomic E-state index is 0.0505. The number of thiophene rings is 1. The van der Waals surface area contributed by atoms with Crippen LogP contribution in [0, 0.1) is 10.1 Å². The van der Waals surface area contributed by atoms with Crippen molar-refractivity contribution < 1.29 is 4.92 Å². The zero-order chi connectivity index (χ0) is 18.1. The summed E-state index contributed by atoms with van der Waals surface area (Å²) < 4.78 is 1.57. The van der Waals surface area contributed by atoms with Crippen LogP contribution in [0.2, 0.25) is 0 Å². The van der Waals surface area contributed by atoms with E-state index in [4.69, 9.17) is 0 Å². The molecule has 3 aromatic heterocycles. The smallest absolute Gasteiger partial charge is 0.266 e. The summed E-state index contributed by atoms with van der Waals surface area (Å²) in [4.78, 5) is 29.0. The predicted molar refractivity (Wildman–Crippen MR) is 102 cm³/mol. The molecule has 0 aliphatic rings. The zero-order valence-corrected chi connectivity index (χ0v) is 14.7. The third kappa shape index (κ3) is 3.05. The number of benzene rings is 1. The Bertz CT molecular complexity index is 1240. The summed E-state index contributed by atoms with van der Waals surface area (Å²) in [6.45, 7) is 0. The summed E-state index contributed by atoms with van der Waals surface area (Å²) in [6, 6.07) is 10.2. The molecule has 0 aliphatic heterocycles. The van der Waals surface area contributed by atoms with E-state index in [1.54, 1.807) is 35.6 Å². The molecular weight excluding hydrogens is 372 g/mol. The number of rotatable bonds is 4. The quantitative estimate of drug-likeness (QED) is 0.400. The SMILES string of the molecule is O=c1/c(=C\c2ccccc2[N+](=O)[O-])sc2nc(/C=C/c3cccs3)nn12. The molecule has 0 spiro atoms. The maximum Gasteiger partial charge on any atom is 0.291 e. The first-order valence-electron chi connectivity index (χ1n) is 7.48. The molecule has 26 heavy (non-hydrogen) atoms. The monoisotopic (exact) mass is 382 g/mol. The van der Waals surface area contributed by atoms with E-state index in [1.165, 1.54) is 16.7 Å². The van der Waals surface area contributed by atoms with Crippen LogP contribution in [0.1, 0.15) is 16.3 Å². The Balaban J connectivity index is 1.75. The van der Waals surface area contributed by atoms with Crippen LogP contribution in [-0.4, -0.2) is 19.5 Å². The second kappa shape index (κ2) is 6.62. The van der Waals surface area contributed by atoms with Crippen molar-refractivity contribution in [3.05, 3.63) is 83.0 Å². The molecule has 0 unspecified atom stereocenters. The van der Waals surface area contributed by atoms with Gasteiger partial charge in [0.25, 0.3) is 11.2 Å². The highest BCUT2D eigenvalue weighted by Gasteiger charge is 2.13. The molecule has 4 rings (SSSR count). The van der Waals surface area contributed by atoms with Gasteiger partial charge in [-0.3, -0.25) is 14.9 Å². The van der Waals surface area contributed by atoms with Gasteiger partial charge in [-0.05, 0) is 35.7 Å². The normalized spacial score (nSPS) is 12.4. The number of nitro groups is 1. The summed E-state index contributed by atoms with van der Waals surface area (Å²) >= 11 is 2.74. The van der Waals surface area contributed by atoms with Crippen LogP contribution in [0.4, 0.5) is 5.69 Å². The van der Waals surface area contributed by atoms with Gasteiger partial charge in [-0.1, -0.05) is 29.5 Å². The number of hydrogen-bond acceptors (Lipinski definition) is 7. The molecule has 128 valence electrons. The van der Waals surface area contributed by atoms with Crippen molar-refractivity contribution in [2.75, 3.05) is 0 Å². The molecule has 0 amide bonds. The largest absolute Gasteiger partial charge is 0.291 e. The lowest BCUT2D eigenvalue weighted by molar-refractivity contribution is -0.385. The first-order valence-corrected chi connectivity index (χ1v) is 9.18. The fourth-order valence-corrected chi connectivity index (χ4v) is 3.90. The van der Waals surface area contributed by atoms with E-state index in [0.717, 1.165) is 16.2 Å². The number of thiazole rings is 1. The molecule has 1 aromatic carbocycles. The maximum absolute atomic E-state index is 12.5. The number of fused-ring (bicyclic) bond motifs is 1. The lowest BCUT2D eigenvalue weighted by Gasteiger charge is -1.94. The van der Waals surface area contributed by atoms with Crippen molar-refractivity contribution in [2.24, 2.45) is 0 Å². The lowest BCUT2D eigenvalue weighted by atomic mass is 10.2. The highest BCUT2D eigenvalue weighted by atomic mass is 32.1. The third-order valence-corrected chi connectivity index (χ3v) is 5.35. The van der Waals surface area contributed by atoms with Crippen molar-refractivity contribution in [1.82, 2.24) is 14.6 Å². The Morgan fingerprint density at radius 2 is 2.00 bits per heavy atom. The van der Waals surface area contributed by atoms with Crippen molar-refractivity contribution >= 4 is 51.5 Å². The average Bonchev–Trinajstić information content (AvgIpc) is 3.33.